The Morgan fingerprint density at radius 3 is 2.94 bits per heavy atom. The molecule has 6 heteroatoms. The molecule has 0 aliphatic carbocycles. The van der Waals surface area contributed by atoms with Crippen molar-refractivity contribution in [3.8, 4) is 12.3 Å². The van der Waals surface area contributed by atoms with Crippen molar-refractivity contribution in [2.45, 2.75) is 6.92 Å². The van der Waals surface area contributed by atoms with Crippen LogP contribution >= 0.6 is 23.8 Å². The summed E-state index contributed by atoms with van der Waals surface area (Å²) in [6.07, 6.45) is 5.06. The van der Waals surface area contributed by atoms with Crippen molar-refractivity contribution in [1.82, 2.24) is 5.32 Å². The molecule has 0 aliphatic rings. The second-order valence-corrected chi connectivity index (χ2v) is 4.23. The number of benzene rings is 1. The average Bonchev–Trinajstić information content (AvgIpc) is 2.31. The van der Waals surface area contributed by atoms with E-state index in [-0.39, 0.29) is 12.5 Å². The van der Waals surface area contributed by atoms with Gasteiger partial charge in [-0.15, -0.1) is 6.42 Å². The SMILES string of the molecule is C#CCN=C(N)NC(=S)Nc1c(C)cccc1Cl. The van der Waals surface area contributed by atoms with E-state index in [9.17, 15) is 0 Å². The number of terminal acetylenes is 1. The Kier molecular flexibility index (Phi) is 5.43. The first-order valence-electron chi connectivity index (χ1n) is 5.11. The molecule has 0 fully saturated rings. The van der Waals surface area contributed by atoms with Crippen LogP contribution in [0.3, 0.4) is 0 Å². The van der Waals surface area contributed by atoms with Gasteiger partial charge in [-0.1, -0.05) is 29.7 Å². The normalized spacial score (nSPS) is 10.6. The number of guanidine groups is 1. The fourth-order valence-corrected chi connectivity index (χ4v) is 1.70. The predicted molar refractivity (Wildman–Crippen MR) is 80.9 cm³/mol. The molecule has 0 atom stereocenters. The van der Waals surface area contributed by atoms with Crippen LogP contribution in [0.1, 0.15) is 5.56 Å². The first-order valence-corrected chi connectivity index (χ1v) is 5.89. The number of aliphatic imine (C=N–C) groups is 1. The summed E-state index contributed by atoms with van der Waals surface area (Å²) in [7, 11) is 0. The van der Waals surface area contributed by atoms with E-state index in [4.69, 9.17) is 36.0 Å². The van der Waals surface area contributed by atoms with Crippen LogP contribution in [0.5, 0.6) is 0 Å². The molecule has 1 aromatic rings. The maximum atomic E-state index is 6.06. The molecule has 0 unspecified atom stereocenters. The molecule has 0 saturated heterocycles. The molecule has 0 radical (unpaired) electrons. The summed E-state index contributed by atoms with van der Waals surface area (Å²) >= 11 is 11.1. The van der Waals surface area contributed by atoms with Crippen LogP contribution in [0.25, 0.3) is 0 Å². The average molecular weight is 281 g/mol. The third-order valence-electron chi connectivity index (χ3n) is 2.04. The lowest BCUT2D eigenvalue weighted by Gasteiger charge is -2.13. The van der Waals surface area contributed by atoms with Crippen LogP contribution in [0, 0.1) is 19.3 Å². The predicted octanol–water partition coefficient (Wildman–Crippen LogP) is 1.88. The fourth-order valence-electron chi connectivity index (χ4n) is 1.22. The van der Waals surface area contributed by atoms with E-state index in [1.807, 2.05) is 19.1 Å². The van der Waals surface area contributed by atoms with Crippen LogP contribution < -0.4 is 16.4 Å². The Morgan fingerprint density at radius 1 is 1.61 bits per heavy atom. The topological polar surface area (TPSA) is 62.4 Å². The number of hydrogen-bond donors (Lipinski definition) is 3. The lowest BCUT2D eigenvalue weighted by Crippen LogP contribution is -2.39. The lowest BCUT2D eigenvalue weighted by molar-refractivity contribution is 1.19. The zero-order chi connectivity index (χ0) is 13.5. The molecule has 1 rings (SSSR count). The summed E-state index contributed by atoms with van der Waals surface area (Å²) in [6, 6.07) is 5.56. The molecule has 4 nitrogen and oxygen atoms in total. The van der Waals surface area contributed by atoms with Crippen molar-refractivity contribution in [2.75, 3.05) is 11.9 Å². The fraction of sp³-hybridized carbons (Fsp3) is 0.167. The molecule has 0 saturated carbocycles. The molecule has 0 aromatic heterocycles. The molecule has 0 spiro atoms. The second kappa shape index (κ2) is 6.84. The van der Waals surface area contributed by atoms with E-state index < -0.39 is 0 Å². The molecule has 94 valence electrons. The first kappa shape index (κ1) is 14.3. The maximum Gasteiger partial charge on any atom is 0.195 e. The minimum atomic E-state index is 0.162. The zero-order valence-electron chi connectivity index (χ0n) is 9.83. The maximum absolute atomic E-state index is 6.06. The third kappa shape index (κ3) is 4.24. The van der Waals surface area contributed by atoms with E-state index >= 15 is 0 Å². The van der Waals surface area contributed by atoms with Gasteiger partial charge in [0.15, 0.2) is 11.1 Å². The van der Waals surface area contributed by atoms with Crippen LogP contribution in [-0.2, 0) is 0 Å². The van der Waals surface area contributed by atoms with E-state index in [1.54, 1.807) is 6.07 Å². The van der Waals surface area contributed by atoms with E-state index in [0.717, 1.165) is 11.3 Å². The summed E-state index contributed by atoms with van der Waals surface area (Å²) in [4.78, 5) is 3.86. The minimum Gasteiger partial charge on any atom is -0.370 e. The van der Waals surface area contributed by atoms with Crippen molar-refractivity contribution in [3.05, 3.63) is 28.8 Å². The van der Waals surface area contributed by atoms with E-state index in [2.05, 4.69) is 21.5 Å². The Morgan fingerprint density at radius 2 is 2.33 bits per heavy atom. The molecule has 0 bridgehead atoms. The molecular weight excluding hydrogens is 268 g/mol. The highest BCUT2D eigenvalue weighted by Crippen LogP contribution is 2.24. The van der Waals surface area contributed by atoms with Crippen LogP contribution in [0.2, 0.25) is 5.02 Å². The van der Waals surface area contributed by atoms with Crippen LogP contribution in [0.15, 0.2) is 23.2 Å². The quantitative estimate of drug-likeness (QED) is 0.335. The number of nitrogens with one attached hydrogen (secondary N) is 2. The number of hydrogen-bond acceptors (Lipinski definition) is 2. The summed E-state index contributed by atoms with van der Waals surface area (Å²) in [5.41, 5.74) is 7.29. The summed E-state index contributed by atoms with van der Waals surface area (Å²) < 4.78 is 0. The first-order chi connectivity index (χ1) is 8.54. The van der Waals surface area contributed by atoms with Gasteiger partial charge in [0, 0.05) is 0 Å². The van der Waals surface area contributed by atoms with Gasteiger partial charge in [-0.3, -0.25) is 0 Å². The minimum absolute atomic E-state index is 0.162. The number of para-hydroxylation sites is 1. The highest BCUT2D eigenvalue weighted by Gasteiger charge is 2.05. The van der Waals surface area contributed by atoms with Gasteiger partial charge in [0.05, 0.1) is 10.7 Å². The summed E-state index contributed by atoms with van der Waals surface area (Å²) in [6.45, 7) is 2.12. The largest absolute Gasteiger partial charge is 0.370 e. The van der Waals surface area contributed by atoms with Crippen molar-refractivity contribution >= 4 is 40.6 Å². The molecule has 4 N–H and O–H groups in total. The molecular formula is C12H13ClN4S. The van der Waals surface area contributed by atoms with Crippen molar-refractivity contribution in [1.29, 1.82) is 0 Å². The van der Waals surface area contributed by atoms with Gasteiger partial charge in [0.25, 0.3) is 0 Å². The number of nitrogens with zero attached hydrogens (tertiary/aromatic N) is 1. The Labute approximate surface area is 117 Å². The van der Waals surface area contributed by atoms with Crippen molar-refractivity contribution < 1.29 is 0 Å². The Balaban J connectivity index is 2.69. The summed E-state index contributed by atoms with van der Waals surface area (Å²) in [5, 5.41) is 6.56. The lowest BCUT2D eigenvalue weighted by atomic mass is 10.2. The molecule has 0 aliphatic heterocycles. The van der Waals surface area contributed by atoms with E-state index in [1.165, 1.54) is 0 Å². The molecule has 1 aromatic carbocycles. The van der Waals surface area contributed by atoms with Gasteiger partial charge < -0.3 is 16.4 Å². The number of aryl methyl sites for hydroxylation is 1. The number of rotatable bonds is 2. The molecule has 18 heavy (non-hydrogen) atoms. The van der Waals surface area contributed by atoms with Gasteiger partial charge in [-0.2, -0.15) is 0 Å². The molecule has 0 amide bonds. The zero-order valence-corrected chi connectivity index (χ0v) is 11.4. The molecule has 0 heterocycles. The number of thiocarbonyl (C=S) groups is 1. The van der Waals surface area contributed by atoms with Crippen molar-refractivity contribution in [3.63, 3.8) is 0 Å². The number of anilines is 1. The van der Waals surface area contributed by atoms with Gasteiger partial charge in [-0.25, -0.2) is 4.99 Å². The number of halogens is 1. The monoisotopic (exact) mass is 280 g/mol. The summed E-state index contributed by atoms with van der Waals surface area (Å²) in [5.74, 6) is 2.51. The smallest absolute Gasteiger partial charge is 0.195 e. The Bertz CT molecular complexity index is 499. The van der Waals surface area contributed by atoms with Gasteiger partial charge in [0.2, 0.25) is 0 Å². The Hall–Kier alpha value is -1.77. The standard InChI is InChI=1S/C12H13ClN4S/c1-3-7-15-11(14)17-12(18)16-10-8(2)5-4-6-9(10)13/h1,4-6H,7H2,2H3,(H4,14,15,16,17,18). The highest BCUT2D eigenvalue weighted by molar-refractivity contribution is 7.80. The van der Waals surface area contributed by atoms with E-state index in [0.29, 0.717) is 10.1 Å². The van der Waals surface area contributed by atoms with Crippen LogP contribution in [-0.4, -0.2) is 17.6 Å². The highest BCUT2D eigenvalue weighted by atomic mass is 35.5. The van der Waals surface area contributed by atoms with Crippen LogP contribution in [0.4, 0.5) is 5.69 Å². The van der Waals surface area contributed by atoms with Gasteiger partial charge in [-0.05, 0) is 30.8 Å². The third-order valence-corrected chi connectivity index (χ3v) is 2.56. The number of nitrogens with two attached hydrogens (primary N) is 1. The van der Waals surface area contributed by atoms with Crippen molar-refractivity contribution in [2.24, 2.45) is 10.7 Å². The van der Waals surface area contributed by atoms with Gasteiger partial charge in [0.1, 0.15) is 6.54 Å². The second-order valence-electron chi connectivity index (χ2n) is 3.42. The van der Waals surface area contributed by atoms with Gasteiger partial charge >= 0.3 is 0 Å².